The van der Waals surface area contributed by atoms with Gasteiger partial charge in [-0.15, -0.1) is 0 Å². The highest BCUT2D eigenvalue weighted by Crippen LogP contribution is 2.19. The fourth-order valence-corrected chi connectivity index (χ4v) is 3.20. The molecule has 0 aliphatic heterocycles. The summed E-state index contributed by atoms with van der Waals surface area (Å²) in [5.74, 6) is 1.17. The first-order valence-corrected chi connectivity index (χ1v) is 9.26. The summed E-state index contributed by atoms with van der Waals surface area (Å²) in [6, 6.07) is 12.1. The van der Waals surface area contributed by atoms with E-state index < -0.39 is 0 Å². The Hall–Kier alpha value is -2.47. The van der Waals surface area contributed by atoms with Crippen LogP contribution >= 0.6 is 11.3 Å². The van der Waals surface area contributed by atoms with E-state index in [1.807, 2.05) is 65.9 Å². The molecule has 0 radical (unpaired) electrons. The van der Waals surface area contributed by atoms with Crippen LogP contribution in [0.1, 0.15) is 31.7 Å². The minimum Gasteiger partial charge on any atom is -0.339 e. The normalized spacial score (nSPS) is 11.0. The predicted octanol–water partition coefficient (Wildman–Crippen LogP) is 4.17. The van der Waals surface area contributed by atoms with Crippen molar-refractivity contribution in [3.63, 3.8) is 0 Å². The number of aryl methyl sites for hydroxylation is 1. The van der Waals surface area contributed by atoms with Crippen LogP contribution in [-0.2, 0) is 17.8 Å². The Morgan fingerprint density at radius 3 is 2.72 bits per heavy atom. The Balaban J connectivity index is 1.60. The van der Waals surface area contributed by atoms with Gasteiger partial charge in [0.25, 0.3) is 0 Å². The molecule has 0 bridgehead atoms. The number of aromatic nitrogens is 2. The van der Waals surface area contributed by atoms with Gasteiger partial charge in [0.1, 0.15) is 0 Å². The topological polar surface area (TPSA) is 59.2 Å². The van der Waals surface area contributed by atoms with E-state index >= 15 is 0 Å². The van der Waals surface area contributed by atoms with E-state index in [4.69, 9.17) is 4.52 Å². The van der Waals surface area contributed by atoms with Gasteiger partial charge in [0.2, 0.25) is 17.6 Å². The molecule has 0 saturated carbocycles. The molecule has 0 saturated heterocycles. The Bertz CT molecular complexity index is 797. The average molecular weight is 355 g/mol. The van der Waals surface area contributed by atoms with E-state index in [9.17, 15) is 4.79 Å². The predicted molar refractivity (Wildman–Crippen MR) is 98.1 cm³/mol. The van der Waals surface area contributed by atoms with E-state index in [1.165, 1.54) is 0 Å². The molecule has 5 nitrogen and oxygen atoms in total. The van der Waals surface area contributed by atoms with Gasteiger partial charge in [-0.05, 0) is 30.9 Å². The highest BCUT2D eigenvalue weighted by molar-refractivity contribution is 7.08. The molecule has 3 aromatic rings. The first-order chi connectivity index (χ1) is 12.1. The van der Waals surface area contributed by atoms with Gasteiger partial charge in [0.15, 0.2) is 0 Å². The summed E-state index contributed by atoms with van der Waals surface area (Å²) < 4.78 is 5.27. The summed E-state index contributed by atoms with van der Waals surface area (Å²) in [4.78, 5) is 18.9. The van der Waals surface area contributed by atoms with E-state index in [0.717, 1.165) is 11.1 Å². The molecule has 0 unspecified atom stereocenters. The largest absolute Gasteiger partial charge is 0.339 e. The summed E-state index contributed by atoms with van der Waals surface area (Å²) in [6.07, 6.45) is 0.810. The zero-order valence-electron chi connectivity index (χ0n) is 14.4. The summed E-state index contributed by atoms with van der Waals surface area (Å²) in [7, 11) is 0. The van der Waals surface area contributed by atoms with Gasteiger partial charge >= 0.3 is 0 Å². The van der Waals surface area contributed by atoms with Crippen LogP contribution in [0.4, 0.5) is 0 Å². The molecular formula is C19H21N3O2S. The minimum absolute atomic E-state index is 0.0918. The number of carbonyl (C=O) groups is 1. The van der Waals surface area contributed by atoms with Crippen LogP contribution in [0.3, 0.4) is 0 Å². The standard InChI is InChI=1S/C19H21N3O2S/c1-14(2)22(12-15-6-4-3-5-7-15)18(23)9-8-17-20-19(21-24-17)16-10-11-25-13-16/h3-7,10-11,13-14H,8-9,12H2,1-2H3. The lowest BCUT2D eigenvalue weighted by Gasteiger charge is -2.26. The number of hydrogen-bond acceptors (Lipinski definition) is 5. The maximum absolute atomic E-state index is 12.6. The SMILES string of the molecule is CC(C)N(Cc1ccccc1)C(=O)CCc1nc(-c2ccsc2)no1. The fourth-order valence-electron chi connectivity index (χ4n) is 2.56. The molecule has 0 fully saturated rings. The zero-order valence-corrected chi connectivity index (χ0v) is 15.2. The van der Waals surface area contributed by atoms with E-state index in [1.54, 1.807) is 11.3 Å². The van der Waals surface area contributed by atoms with Gasteiger partial charge in [-0.2, -0.15) is 16.3 Å². The lowest BCUT2D eigenvalue weighted by atomic mass is 10.1. The van der Waals surface area contributed by atoms with E-state index in [2.05, 4.69) is 10.1 Å². The quantitative estimate of drug-likeness (QED) is 0.638. The number of thiophene rings is 1. The number of hydrogen-bond donors (Lipinski definition) is 0. The van der Waals surface area contributed by atoms with Gasteiger partial charge < -0.3 is 9.42 Å². The third-order valence-electron chi connectivity index (χ3n) is 3.94. The average Bonchev–Trinajstić information content (AvgIpc) is 3.29. The maximum Gasteiger partial charge on any atom is 0.227 e. The van der Waals surface area contributed by atoms with E-state index in [0.29, 0.717) is 31.1 Å². The Labute approximate surface area is 151 Å². The number of carbonyl (C=O) groups excluding carboxylic acids is 1. The number of rotatable bonds is 7. The molecule has 1 aromatic carbocycles. The summed E-state index contributed by atoms with van der Waals surface area (Å²) in [5.41, 5.74) is 2.07. The number of amides is 1. The van der Waals surface area contributed by atoms with Crippen LogP contribution < -0.4 is 0 Å². The van der Waals surface area contributed by atoms with Crippen molar-refractivity contribution in [1.29, 1.82) is 0 Å². The molecule has 0 aliphatic carbocycles. The molecule has 0 atom stereocenters. The Morgan fingerprint density at radius 2 is 2.04 bits per heavy atom. The summed E-state index contributed by atoms with van der Waals surface area (Å²) in [5, 5.41) is 7.92. The van der Waals surface area contributed by atoms with Crippen molar-refractivity contribution in [2.24, 2.45) is 0 Å². The number of nitrogens with zero attached hydrogens (tertiary/aromatic N) is 3. The van der Waals surface area contributed by atoms with Crippen molar-refractivity contribution in [1.82, 2.24) is 15.0 Å². The molecule has 25 heavy (non-hydrogen) atoms. The first kappa shape index (κ1) is 17.4. The highest BCUT2D eigenvalue weighted by Gasteiger charge is 2.18. The van der Waals surface area contributed by atoms with Crippen LogP contribution in [0.5, 0.6) is 0 Å². The molecule has 0 spiro atoms. The van der Waals surface area contributed by atoms with Crippen LogP contribution in [0.15, 0.2) is 51.7 Å². The van der Waals surface area contributed by atoms with Crippen LogP contribution in [0, 0.1) is 0 Å². The Morgan fingerprint density at radius 1 is 1.24 bits per heavy atom. The molecule has 130 valence electrons. The second kappa shape index (κ2) is 8.07. The third kappa shape index (κ3) is 4.54. The minimum atomic E-state index is 0.0918. The fraction of sp³-hybridized carbons (Fsp3) is 0.316. The molecule has 2 heterocycles. The second-order valence-electron chi connectivity index (χ2n) is 6.12. The van der Waals surface area contributed by atoms with Crippen molar-refractivity contribution in [3.8, 4) is 11.4 Å². The zero-order chi connectivity index (χ0) is 17.6. The Kier molecular flexibility index (Phi) is 5.60. The number of benzene rings is 1. The molecule has 1 amide bonds. The molecule has 0 aliphatic rings. The molecule has 2 aromatic heterocycles. The summed E-state index contributed by atoms with van der Waals surface area (Å²) >= 11 is 1.59. The van der Waals surface area contributed by atoms with Crippen LogP contribution in [0.2, 0.25) is 0 Å². The van der Waals surface area contributed by atoms with Crippen molar-refractivity contribution in [2.75, 3.05) is 0 Å². The molecule has 0 N–H and O–H groups in total. The van der Waals surface area contributed by atoms with Gasteiger partial charge in [-0.3, -0.25) is 4.79 Å². The molecule has 6 heteroatoms. The lowest BCUT2D eigenvalue weighted by Crippen LogP contribution is -2.36. The smallest absolute Gasteiger partial charge is 0.227 e. The van der Waals surface area contributed by atoms with Gasteiger partial charge in [-0.1, -0.05) is 35.5 Å². The lowest BCUT2D eigenvalue weighted by molar-refractivity contribution is -0.133. The van der Waals surface area contributed by atoms with Gasteiger partial charge in [-0.25, -0.2) is 0 Å². The van der Waals surface area contributed by atoms with Crippen molar-refractivity contribution in [2.45, 2.75) is 39.3 Å². The van der Waals surface area contributed by atoms with Gasteiger partial charge in [0.05, 0.1) is 0 Å². The van der Waals surface area contributed by atoms with Crippen molar-refractivity contribution in [3.05, 3.63) is 58.6 Å². The maximum atomic E-state index is 12.6. The van der Waals surface area contributed by atoms with Crippen molar-refractivity contribution < 1.29 is 9.32 Å². The van der Waals surface area contributed by atoms with Crippen molar-refractivity contribution >= 4 is 17.2 Å². The third-order valence-corrected chi connectivity index (χ3v) is 4.62. The molecular weight excluding hydrogens is 334 g/mol. The van der Waals surface area contributed by atoms with Gasteiger partial charge in [0, 0.05) is 36.4 Å². The molecule has 3 rings (SSSR count). The van der Waals surface area contributed by atoms with Crippen LogP contribution in [0.25, 0.3) is 11.4 Å². The second-order valence-corrected chi connectivity index (χ2v) is 6.90. The van der Waals surface area contributed by atoms with Crippen LogP contribution in [-0.4, -0.2) is 27.0 Å². The first-order valence-electron chi connectivity index (χ1n) is 8.32. The monoisotopic (exact) mass is 355 g/mol. The highest BCUT2D eigenvalue weighted by atomic mass is 32.1. The van der Waals surface area contributed by atoms with E-state index in [-0.39, 0.29) is 11.9 Å². The summed E-state index contributed by atoms with van der Waals surface area (Å²) in [6.45, 7) is 4.67.